The lowest BCUT2D eigenvalue weighted by Crippen LogP contribution is -2.44. The van der Waals surface area contributed by atoms with Gasteiger partial charge in [0.05, 0.1) is 17.6 Å². The molecule has 1 aliphatic carbocycles. The van der Waals surface area contributed by atoms with Gasteiger partial charge in [0.25, 0.3) is 0 Å². The molecule has 0 unspecified atom stereocenters. The van der Waals surface area contributed by atoms with Crippen LogP contribution in [0, 0.1) is 29.1 Å². The molecule has 1 amide bonds. The second kappa shape index (κ2) is 8.65. The third-order valence-corrected chi connectivity index (χ3v) is 8.62. The molecule has 6 rings (SSSR count). The maximum Gasteiger partial charge on any atom is 0.411 e. The number of imidazole rings is 1. The third kappa shape index (κ3) is 3.53. The molecule has 1 N–H and O–H groups in total. The van der Waals surface area contributed by atoms with Crippen molar-refractivity contribution in [1.82, 2.24) is 19.0 Å². The van der Waals surface area contributed by atoms with Gasteiger partial charge < -0.3 is 9.84 Å². The van der Waals surface area contributed by atoms with Crippen LogP contribution in [0.5, 0.6) is 5.88 Å². The Labute approximate surface area is 214 Å². The zero-order chi connectivity index (χ0) is 26.0. The molecule has 2 fully saturated rings. The molecular weight excluding hydrogens is 470 g/mol. The van der Waals surface area contributed by atoms with Crippen LogP contribution >= 0.6 is 0 Å². The molecule has 192 valence electrons. The van der Waals surface area contributed by atoms with Gasteiger partial charge in [-0.3, -0.25) is 9.47 Å². The number of carbonyl (C=O) groups excluding carboxylic acids is 1. The average Bonchev–Trinajstić information content (AvgIpc) is 3.55. The minimum Gasteiger partial charge on any atom is -0.493 e. The largest absolute Gasteiger partial charge is 0.493 e. The highest BCUT2D eigenvalue weighted by atomic mass is 16.6. The number of amides is 1. The van der Waals surface area contributed by atoms with Crippen LogP contribution in [0.4, 0.5) is 4.79 Å². The first-order chi connectivity index (χ1) is 17.8. The van der Waals surface area contributed by atoms with Crippen molar-refractivity contribution in [3.8, 4) is 17.6 Å². The van der Waals surface area contributed by atoms with Gasteiger partial charge in [0.2, 0.25) is 5.88 Å². The smallest absolute Gasteiger partial charge is 0.411 e. The molecular formula is C28H31N5O4. The number of fused-ring (bicyclic) bond motifs is 6. The molecule has 5 atom stereocenters. The number of nitrogens with zero attached hydrogens (tertiary/aromatic N) is 5. The van der Waals surface area contributed by atoms with Crippen molar-refractivity contribution in [2.24, 2.45) is 17.8 Å². The molecule has 0 spiro atoms. The number of benzene rings is 1. The zero-order valence-electron chi connectivity index (χ0n) is 21.3. The molecule has 3 aromatic rings. The summed E-state index contributed by atoms with van der Waals surface area (Å²) in [6.45, 7) is 6.96. The summed E-state index contributed by atoms with van der Waals surface area (Å²) in [7, 11) is 0. The first kappa shape index (κ1) is 23.6. The molecule has 9 nitrogen and oxygen atoms in total. The van der Waals surface area contributed by atoms with E-state index in [9.17, 15) is 20.0 Å². The van der Waals surface area contributed by atoms with Crippen LogP contribution in [0.2, 0.25) is 0 Å². The maximum absolute atomic E-state index is 13.7. The highest BCUT2D eigenvalue weighted by Gasteiger charge is 2.50. The van der Waals surface area contributed by atoms with Crippen molar-refractivity contribution >= 4 is 16.9 Å². The Morgan fingerprint density at radius 2 is 1.97 bits per heavy atom. The number of aromatic nitrogens is 3. The summed E-state index contributed by atoms with van der Waals surface area (Å²) < 4.78 is 8.87. The third-order valence-electron chi connectivity index (χ3n) is 8.62. The average molecular weight is 502 g/mol. The standard InChI is InChI=1S/C28H31N5O4/c1-15(2)18-9-8-16(3)10-23(18)37-28(36)31-14-17-11-24(31)33-25(17)26(34)32(27(33)35)22-13-30-21(12-29)19-6-4-5-7-20(19)22/h4-7,13,15-18,23-24,34H,8-11,14H2,1-3H3/t16-,17-,18+,23-,24-/m1/s1. The molecule has 2 aromatic heterocycles. The number of pyridine rings is 1. The summed E-state index contributed by atoms with van der Waals surface area (Å²) in [4.78, 5) is 33.0. The van der Waals surface area contributed by atoms with Crippen LogP contribution in [0.25, 0.3) is 16.5 Å². The number of hydrogen-bond acceptors (Lipinski definition) is 6. The predicted octanol–water partition coefficient (Wildman–Crippen LogP) is 4.66. The van der Waals surface area contributed by atoms with E-state index in [1.807, 2.05) is 6.07 Å². The van der Waals surface area contributed by atoms with Crippen molar-refractivity contribution < 1.29 is 14.6 Å². The fraction of sp³-hybridized carbons (Fsp3) is 0.500. The number of aromatic hydroxyl groups is 1. The number of nitriles is 1. The summed E-state index contributed by atoms with van der Waals surface area (Å²) in [5.41, 5.74) is 0.771. The highest BCUT2D eigenvalue weighted by Crippen LogP contribution is 2.49. The Hall–Kier alpha value is -3.80. The highest BCUT2D eigenvalue weighted by molar-refractivity contribution is 5.93. The van der Waals surface area contributed by atoms with Crippen molar-refractivity contribution in [3.63, 3.8) is 0 Å². The lowest BCUT2D eigenvalue weighted by atomic mass is 9.75. The van der Waals surface area contributed by atoms with E-state index in [-0.39, 0.29) is 29.7 Å². The second-order valence-electron chi connectivity index (χ2n) is 11.2. The van der Waals surface area contributed by atoms with Crippen LogP contribution in [0.3, 0.4) is 0 Å². The monoisotopic (exact) mass is 501 g/mol. The Morgan fingerprint density at radius 1 is 1.22 bits per heavy atom. The topological polar surface area (TPSA) is 113 Å². The van der Waals surface area contributed by atoms with Crippen molar-refractivity contribution in [1.29, 1.82) is 5.26 Å². The maximum atomic E-state index is 13.7. The summed E-state index contributed by atoms with van der Waals surface area (Å²) in [6.07, 6.45) is 4.08. The van der Waals surface area contributed by atoms with E-state index in [0.29, 0.717) is 52.9 Å². The van der Waals surface area contributed by atoms with Gasteiger partial charge in [-0.05, 0) is 37.0 Å². The number of hydrogen-bond donors (Lipinski definition) is 1. The van der Waals surface area contributed by atoms with E-state index in [1.54, 1.807) is 23.1 Å². The fourth-order valence-corrected chi connectivity index (χ4v) is 6.76. The molecule has 1 saturated carbocycles. The van der Waals surface area contributed by atoms with E-state index in [1.165, 1.54) is 15.3 Å². The second-order valence-corrected chi connectivity index (χ2v) is 11.2. The normalized spacial score (nSPS) is 26.5. The van der Waals surface area contributed by atoms with Crippen LogP contribution < -0.4 is 5.69 Å². The van der Waals surface area contributed by atoms with E-state index >= 15 is 0 Å². The predicted molar refractivity (Wildman–Crippen MR) is 136 cm³/mol. The first-order valence-corrected chi connectivity index (χ1v) is 13.1. The van der Waals surface area contributed by atoms with E-state index < -0.39 is 11.9 Å². The van der Waals surface area contributed by atoms with Gasteiger partial charge in [-0.15, -0.1) is 0 Å². The van der Waals surface area contributed by atoms with Crippen LogP contribution in [0.1, 0.15) is 69.9 Å². The lowest BCUT2D eigenvalue weighted by molar-refractivity contribution is -0.0166. The molecule has 1 saturated heterocycles. The quantitative estimate of drug-likeness (QED) is 0.558. The van der Waals surface area contributed by atoms with Gasteiger partial charge >= 0.3 is 11.8 Å². The molecule has 1 aromatic carbocycles. The molecule has 0 radical (unpaired) electrons. The Balaban J connectivity index is 1.34. The van der Waals surface area contributed by atoms with Crippen LogP contribution in [-0.4, -0.2) is 42.9 Å². The molecule has 3 aliphatic rings. The van der Waals surface area contributed by atoms with Gasteiger partial charge in [-0.25, -0.2) is 19.1 Å². The summed E-state index contributed by atoms with van der Waals surface area (Å²) in [5.74, 6) is 0.981. The van der Waals surface area contributed by atoms with Crippen molar-refractivity contribution in [3.05, 3.63) is 52.3 Å². The summed E-state index contributed by atoms with van der Waals surface area (Å²) in [5, 5.41) is 21.9. The van der Waals surface area contributed by atoms with Crippen molar-refractivity contribution in [2.45, 2.75) is 64.6 Å². The fourth-order valence-electron chi connectivity index (χ4n) is 6.76. The molecule has 2 aliphatic heterocycles. The van der Waals surface area contributed by atoms with E-state index in [2.05, 4.69) is 31.8 Å². The minimum atomic E-state index is -0.497. The van der Waals surface area contributed by atoms with Crippen LogP contribution in [0.15, 0.2) is 35.3 Å². The Kier molecular flexibility index (Phi) is 5.51. The molecule has 2 bridgehead atoms. The zero-order valence-corrected chi connectivity index (χ0v) is 21.3. The Bertz CT molecular complexity index is 1500. The number of likely N-dealkylation sites (tertiary alicyclic amines) is 1. The molecule has 9 heteroatoms. The van der Waals surface area contributed by atoms with Gasteiger partial charge in [-0.1, -0.05) is 51.5 Å². The van der Waals surface area contributed by atoms with Crippen LogP contribution in [-0.2, 0) is 4.74 Å². The van der Waals surface area contributed by atoms with Gasteiger partial charge in [-0.2, -0.15) is 5.26 Å². The Morgan fingerprint density at radius 3 is 2.70 bits per heavy atom. The molecule has 4 heterocycles. The molecule has 37 heavy (non-hydrogen) atoms. The van der Waals surface area contributed by atoms with E-state index in [4.69, 9.17) is 4.74 Å². The van der Waals surface area contributed by atoms with Crippen molar-refractivity contribution in [2.75, 3.05) is 6.54 Å². The number of rotatable bonds is 3. The number of ether oxygens (including phenoxy) is 1. The lowest BCUT2D eigenvalue weighted by Gasteiger charge is -2.38. The summed E-state index contributed by atoms with van der Waals surface area (Å²) >= 11 is 0. The van der Waals surface area contributed by atoms with Gasteiger partial charge in [0, 0.05) is 23.2 Å². The van der Waals surface area contributed by atoms with Gasteiger partial charge in [0.1, 0.15) is 24.0 Å². The summed E-state index contributed by atoms with van der Waals surface area (Å²) in [6, 6.07) is 9.27. The van der Waals surface area contributed by atoms with Gasteiger partial charge in [0.15, 0.2) is 0 Å². The number of carbonyl (C=O) groups is 1. The minimum absolute atomic E-state index is 0.124. The first-order valence-electron chi connectivity index (χ1n) is 13.1. The SMILES string of the molecule is CC(C)[C@@H]1CC[C@@H](C)C[C@H]1OC(=O)N1C[C@H]2C[C@H]1n1c2c(O)n(-c2cnc(C#N)c3ccccc23)c1=O. The van der Waals surface area contributed by atoms with E-state index in [0.717, 1.165) is 19.3 Å².